The largest absolute Gasteiger partial charge is 0.417 e. The molecule has 0 radical (unpaired) electrons. The van der Waals surface area contributed by atoms with Crippen LogP contribution in [0.1, 0.15) is 31.5 Å². The standard InChI is InChI=1S/C15H17N3O2S/c1-15(2,3)13-17-10(8-21-13)7-16-9-4-5-12-11(6-9)18-14(19)20-12/h4-6,8,16H,7H2,1-3H3,(H,18,19). The van der Waals surface area contributed by atoms with Gasteiger partial charge >= 0.3 is 5.76 Å². The summed E-state index contributed by atoms with van der Waals surface area (Å²) < 4.78 is 4.98. The Morgan fingerprint density at radius 1 is 1.38 bits per heavy atom. The Hall–Kier alpha value is -2.08. The van der Waals surface area contributed by atoms with Crippen LogP contribution in [0, 0.1) is 0 Å². The number of H-pyrrole nitrogens is 1. The zero-order valence-corrected chi connectivity index (χ0v) is 13.0. The maximum absolute atomic E-state index is 11.1. The highest BCUT2D eigenvalue weighted by Crippen LogP contribution is 2.26. The number of oxazole rings is 1. The highest BCUT2D eigenvalue weighted by molar-refractivity contribution is 7.09. The molecule has 5 nitrogen and oxygen atoms in total. The first kappa shape index (κ1) is 13.9. The van der Waals surface area contributed by atoms with Gasteiger partial charge in [0, 0.05) is 16.5 Å². The van der Waals surface area contributed by atoms with Gasteiger partial charge in [0.25, 0.3) is 0 Å². The predicted octanol–water partition coefficient (Wildman–Crippen LogP) is 3.49. The minimum absolute atomic E-state index is 0.0815. The molecule has 110 valence electrons. The number of rotatable bonds is 3. The molecule has 0 saturated carbocycles. The number of hydrogen-bond donors (Lipinski definition) is 2. The first-order chi connectivity index (χ1) is 9.91. The zero-order valence-electron chi connectivity index (χ0n) is 12.2. The number of fused-ring (bicyclic) bond motifs is 1. The second-order valence-electron chi connectivity index (χ2n) is 5.97. The minimum Gasteiger partial charge on any atom is -0.408 e. The lowest BCUT2D eigenvalue weighted by molar-refractivity contribution is 0.555. The van der Waals surface area contributed by atoms with Crippen molar-refractivity contribution in [3.63, 3.8) is 0 Å². The van der Waals surface area contributed by atoms with Gasteiger partial charge in [0.15, 0.2) is 5.58 Å². The number of aromatic amines is 1. The summed E-state index contributed by atoms with van der Waals surface area (Å²) >= 11 is 1.68. The molecule has 1 aromatic carbocycles. The Bertz CT molecular complexity index is 823. The summed E-state index contributed by atoms with van der Waals surface area (Å²) in [7, 11) is 0. The van der Waals surface area contributed by atoms with E-state index in [1.807, 2.05) is 12.1 Å². The first-order valence-corrected chi connectivity index (χ1v) is 7.61. The number of anilines is 1. The minimum atomic E-state index is -0.434. The van der Waals surface area contributed by atoms with Crippen LogP contribution >= 0.6 is 11.3 Å². The third kappa shape index (κ3) is 3.00. The molecule has 3 aromatic rings. The third-order valence-electron chi connectivity index (χ3n) is 3.09. The van der Waals surface area contributed by atoms with Crippen molar-refractivity contribution in [3.05, 3.63) is 44.8 Å². The lowest BCUT2D eigenvalue weighted by atomic mass is 9.98. The number of nitrogens with zero attached hydrogens (tertiary/aromatic N) is 1. The molecule has 2 heterocycles. The van der Waals surface area contributed by atoms with E-state index in [4.69, 9.17) is 4.42 Å². The summed E-state index contributed by atoms with van der Waals surface area (Å²) in [6.07, 6.45) is 0. The average molecular weight is 303 g/mol. The number of aromatic nitrogens is 2. The monoisotopic (exact) mass is 303 g/mol. The van der Waals surface area contributed by atoms with Crippen LogP contribution in [-0.4, -0.2) is 9.97 Å². The fourth-order valence-corrected chi connectivity index (χ4v) is 2.89. The van der Waals surface area contributed by atoms with Gasteiger partial charge in [-0.2, -0.15) is 0 Å². The lowest BCUT2D eigenvalue weighted by Crippen LogP contribution is -2.11. The summed E-state index contributed by atoms with van der Waals surface area (Å²) in [5, 5.41) is 6.52. The van der Waals surface area contributed by atoms with Crippen LogP contribution in [0.4, 0.5) is 5.69 Å². The van der Waals surface area contributed by atoms with Crippen LogP contribution < -0.4 is 11.1 Å². The number of hydrogen-bond acceptors (Lipinski definition) is 5. The van der Waals surface area contributed by atoms with E-state index in [0.29, 0.717) is 17.6 Å². The van der Waals surface area contributed by atoms with Crippen LogP contribution in [0.3, 0.4) is 0 Å². The Balaban J connectivity index is 1.74. The summed E-state index contributed by atoms with van der Waals surface area (Å²) in [5.41, 5.74) is 3.28. The van der Waals surface area contributed by atoms with Gasteiger partial charge in [0.2, 0.25) is 0 Å². The molecule has 0 bridgehead atoms. The Kier molecular flexibility index (Phi) is 3.33. The fourth-order valence-electron chi connectivity index (χ4n) is 1.99. The van der Waals surface area contributed by atoms with Crippen molar-refractivity contribution in [2.24, 2.45) is 0 Å². The highest BCUT2D eigenvalue weighted by atomic mass is 32.1. The van der Waals surface area contributed by atoms with E-state index in [1.54, 1.807) is 17.4 Å². The average Bonchev–Trinajstić information content (AvgIpc) is 3.00. The van der Waals surface area contributed by atoms with E-state index >= 15 is 0 Å². The molecule has 0 unspecified atom stereocenters. The van der Waals surface area contributed by atoms with Crippen molar-refractivity contribution in [2.75, 3.05) is 5.32 Å². The van der Waals surface area contributed by atoms with Crippen LogP contribution in [0.5, 0.6) is 0 Å². The molecule has 2 N–H and O–H groups in total. The quantitative estimate of drug-likeness (QED) is 0.777. The van der Waals surface area contributed by atoms with Crippen LogP contribution in [0.15, 0.2) is 32.8 Å². The summed E-state index contributed by atoms with van der Waals surface area (Å²) in [5.74, 6) is -0.434. The van der Waals surface area contributed by atoms with Crippen molar-refractivity contribution >= 4 is 28.1 Å². The Labute approximate surface area is 126 Å². The van der Waals surface area contributed by atoms with Gasteiger partial charge in [-0.05, 0) is 18.2 Å². The molecule has 0 aliphatic rings. The highest BCUT2D eigenvalue weighted by Gasteiger charge is 2.17. The van der Waals surface area contributed by atoms with E-state index in [-0.39, 0.29) is 5.41 Å². The number of nitrogens with one attached hydrogen (secondary N) is 2. The van der Waals surface area contributed by atoms with Crippen molar-refractivity contribution in [3.8, 4) is 0 Å². The summed E-state index contributed by atoms with van der Waals surface area (Å²) in [6, 6.07) is 5.52. The molecule has 21 heavy (non-hydrogen) atoms. The second-order valence-corrected chi connectivity index (χ2v) is 6.83. The molecule has 0 amide bonds. The SMILES string of the molecule is CC(C)(C)c1nc(CNc2ccc3oc(=O)[nH]c3c2)cs1. The van der Waals surface area contributed by atoms with Gasteiger partial charge in [-0.15, -0.1) is 11.3 Å². The van der Waals surface area contributed by atoms with Crippen molar-refractivity contribution < 1.29 is 4.42 Å². The first-order valence-electron chi connectivity index (χ1n) is 6.73. The fraction of sp³-hybridized carbons (Fsp3) is 0.333. The van der Waals surface area contributed by atoms with Crippen molar-refractivity contribution in [1.29, 1.82) is 0 Å². The molecular formula is C15H17N3O2S. The van der Waals surface area contributed by atoms with E-state index in [1.165, 1.54) is 0 Å². The van der Waals surface area contributed by atoms with E-state index < -0.39 is 5.76 Å². The van der Waals surface area contributed by atoms with Crippen molar-refractivity contribution in [1.82, 2.24) is 9.97 Å². The third-order valence-corrected chi connectivity index (χ3v) is 4.40. The maximum Gasteiger partial charge on any atom is 0.417 e. The molecule has 0 aliphatic carbocycles. The molecular weight excluding hydrogens is 286 g/mol. The second kappa shape index (κ2) is 5.04. The van der Waals surface area contributed by atoms with Gasteiger partial charge in [-0.1, -0.05) is 20.8 Å². The van der Waals surface area contributed by atoms with Gasteiger partial charge in [-0.3, -0.25) is 4.98 Å². The van der Waals surface area contributed by atoms with Gasteiger partial charge in [-0.25, -0.2) is 9.78 Å². The Morgan fingerprint density at radius 2 is 2.19 bits per heavy atom. The summed E-state index contributed by atoms with van der Waals surface area (Å²) in [4.78, 5) is 18.4. The predicted molar refractivity (Wildman–Crippen MR) is 85.0 cm³/mol. The summed E-state index contributed by atoms with van der Waals surface area (Å²) in [6.45, 7) is 7.13. The van der Waals surface area contributed by atoms with Gasteiger partial charge in [0.05, 0.1) is 22.8 Å². The smallest absolute Gasteiger partial charge is 0.408 e. The molecule has 3 rings (SSSR count). The molecule has 6 heteroatoms. The van der Waals surface area contributed by atoms with Crippen LogP contribution in [0.2, 0.25) is 0 Å². The van der Waals surface area contributed by atoms with Gasteiger partial charge < -0.3 is 9.73 Å². The van der Waals surface area contributed by atoms with E-state index in [9.17, 15) is 4.79 Å². The van der Waals surface area contributed by atoms with E-state index in [0.717, 1.165) is 16.4 Å². The molecule has 0 saturated heterocycles. The molecule has 0 fully saturated rings. The molecule has 0 aliphatic heterocycles. The van der Waals surface area contributed by atoms with Crippen molar-refractivity contribution in [2.45, 2.75) is 32.7 Å². The van der Waals surface area contributed by atoms with Gasteiger partial charge in [0.1, 0.15) is 0 Å². The molecule has 0 atom stereocenters. The number of benzene rings is 1. The molecule has 2 aromatic heterocycles. The lowest BCUT2D eigenvalue weighted by Gasteiger charge is -2.13. The van der Waals surface area contributed by atoms with Crippen LogP contribution in [-0.2, 0) is 12.0 Å². The normalized spacial score (nSPS) is 12.0. The maximum atomic E-state index is 11.1. The van der Waals surface area contributed by atoms with Crippen LogP contribution in [0.25, 0.3) is 11.1 Å². The number of thiazole rings is 1. The Morgan fingerprint density at radius 3 is 2.90 bits per heavy atom. The van der Waals surface area contributed by atoms with E-state index in [2.05, 4.69) is 41.4 Å². The topological polar surface area (TPSA) is 70.9 Å². The molecule has 0 spiro atoms. The zero-order chi connectivity index (χ0) is 15.0.